The Morgan fingerprint density at radius 3 is 2.50 bits per heavy atom. The van der Waals surface area contributed by atoms with Crippen LogP contribution in [-0.4, -0.2) is 29.6 Å². The highest BCUT2D eigenvalue weighted by molar-refractivity contribution is 5.85. The molecule has 0 saturated heterocycles. The number of rotatable bonds is 6. The van der Waals surface area contributed by atoms with Crippen molar-refractivity contribution in [3.05, 3.63) is 35.4 Å². The molecule has 0 heterocycles. The van der Waals surface area contributed by atoms with Crippen LogP contribution in [0, 0.1) is 6.92 Å². The molecule has 1 unspecified atom stereocenters. The van der Waals surface area contributed by atoms with Crippen molar-refractivity contribution in [3.8, 4) is 0 Å². The van der Waals surface area contributed by atoms with Gasteiger partial charge in [0, 0.05) is 6.54 Å². The van der Waals surface area contributed by atoms with E-state index in [-0.39, 0.29) is 6.42 Å². The molecule has 0 aliphatic carbocycles. The third kappa shape index (κ3) is 4.97. The Morgan fingerprint density at radius 2 is 1.94 bits per heavy atom. The van der Waals surface area contributed by atoms with Gasteiger partial charge in [0.2, 0.25) is 5.91 Å². The quantitative estimate of drug-likeness (QED) is 0.683. The minimum Gasteiger partial charge on any atom is -0.481 e. The lowest BCUT2D eigenvalue weighted by molar-refractivity contribution is -0.139. The van der Waals surface area contributed by atoms with E-state index in [1.807, 2.05) is 31.2 Å². The van der Waals surface area contributed by atoms with Crippen LogP contribution in [0.5, 0.6) is 0 Å². The lowest BCUT2D eigenvalue weighted by Crippen LogP contribution is -2.42. The van der Waals surface area contributed by atoms with Gasteiger partial charge in [-0.15, -0.1) is 0 Å². The van der Waals surface area contributed by atoms with Crippen molar-refractivity contribution < 1.29 is 14.7 Å². The average molecular weight is 250 g/mol. The second-order valence-corrected chi connectivity index (χ2v) is 4.23. The van der Waals surface area contributed by atoms with Gasteiger partial charge in [-0.3, -0.25) is 9.59 Å². The number of carbonyl (C=O) groups is 2. The number of amides is 1. The molecular formula is C13H18N2O3. The lowest BCUT2D eigenvalue weighted by atomic mass is 10.1. The van der Waals surface area contributed by atoms with Crippen LogP contribution in [0.4, 0.5) is 0 Å². The summed E-state index contributed by atoms with van der Waals surface area (Å²) in [6.45, 7) is 2.46. The number of benzene rings is 1. The van der Waals surface area contributed by atoms with Gasteiger partial charge in [0.05, 0.1) is 12.5 Å². The number of carbonyl (C=O) groups excluding carboxylic acids is 1. The molecule has 1 aromatic carbocycles. The number of aliphatic carboxylic acids is 1. The first-order valence-corrected chi connectivity index (χ1v) is 5.79. The summed E-state index contributed by atoms with van der Waals surface area (Å²) in [4.78, 5) is 21.8. The van der Waals surface area contributed by atoms with Gasteiger partial charge in [-0.1, -0.05) is 29.8 Å². The van der Waals surface area contributed by atoms with Crippen molar-refractivity contribution in [2.45, 2.75) is 25.8 Å². The van der Waals surface area contributed by atoms with E-state index < -0.39 is 17.9 Å². The van der Waals surface area contributed by atoms with Crippen molar-refractivity contribution in [3.63, 3.8) is 0 Å². The van der Waals surface area contributed by atoms with E-state index in [4.69, 9.17) is 10.8 Å². The maximum absolute atomic E-state index is 11.4. The molecule has 1 amide bonds. The summed E-state index contributed by atoms with van der Waals surface area (Å²) in [5.74, 6) is -1.50. The first kappa shape index (κ1) is 14.2. The van der Waals surface area contributed by atoms with Gasteiger partial charge in [-0.2, -0.15) is 0 Å². The smallest absolute Gasteiger partial charge is 0.305 e. The highest BCUT2D eigenvalue weighted by Gasteiger charge is 2.16. The fraction of sp³-hybridized carbons (Fsp3) is 0.385. The molecule has 5 nitrogen and oxygen atoms in total. The summed E-state index contributed by atoms with van der Waals surface area (Å²) in [6, 6.07) is 7.03. The normalized spacial score (nSPS) is 11.9. The SMILES string of the molecule is Cc1ccc(CCNC(=O)C(N)CC(=O)O)cc1. The molecule has 1 aromatic rings. The van der Waals surface area contributed by atoms with E-state index in [9.17, 15) is 9.59 Å². The second-order valence-electron chi connectivity index (χ2n) is 4.23. The number of nitrogens with two attached hydrogens (primary N) is 1. The Labute approximate surface area is 106 Å². The Bertz CT molecular complexity index is 415. The summed E-state index contributed by atoms with van der Waals surface area (Å²) in [5, 5.41) is 11.1. The van der Waals surface area contributed by atoms with E-state index in [0.29, 0.717) is 13.0 Å². The molecule has 5 heteroatoms. The monoisotopic (exact) mass is 250 g/mol. The molecule has 0 radical (unpaired) electrons. The van der Waals surface area contributed by atoms with Crippen LogP contribution < -0.4 is 11.1 Å². The number of hydrogen-bond acceptors (Lipinski definition) is 3. The zero-order chi connectivity index (χ0) is 13.5. The predicted molar refractivity (Wildman–Crippen MR) is 68.1 cm³/mol. The Morgan fingerprint density at radius 1 is 1.33 bits per heavy atom. The number of carboxylic acid groups (broad SMARTS) is 1. The van der Waals surface area contributed by atoms with Crippen molar-refractivity contribution in [1.82, 2.24) is 5.32 Å². The molecule has 1 rings (SSSR count). The topological polar surface area (TPSA) is 92.4 Å². The van der Waals surface area contributed by atoms with Crippen LogP contribution in [0.15, 0.2) is 24.3 Å². The number of aryl methyl sites for hydroxylation is 1. The number of carboxylic acids is 1. The molecule has 98 valence electrons. The standard InChI is InChI=1S/C13H18N2O3/c1-9-2-4-10(5-3-9)6-7-15-13(18)11(14)8-12(16)17/h2-5,11H,6-8,14H2,1H3,(H,15,18)(H,16,17). The van der Waals surface area contributed by atoms with Crippen LogP contribution in [-0.2, 0) is 16.0 Å². The Balaban J connectivity index is 2.31. The molecule has 0 saturated carbocycles. The lowest BCUT2D eigenvalue weighted by Gasteiger charge is -2.10. The molecule has 0 aliphatic rings. The van der Waals surface area contributed by atoms with Crippen LogP contribution >= 0.6 is 0 Å². The molecular weight excluding hydrogens is 232 g/mol. The molecule has 0 bridgehead atoms. The third-order valence-electron chi connectivity index (χ3n) is 2.56. The van der Waals surface area contributed by atoms with E-state index >= 15 is 0 Å². The molecule has 0 spiro atoms. The molecule has 18 heavy (non-hydrogen) atoms. The summed E-state index contributed by atoms with van der Waals surface area (Å²) < 4.78 is 0. The maximum atomic E-state index is 11.4. The fourth-order valence-electron chi connectivity index (χ4n) is 1.50. The first-order valence-electron chi connectivity index (χ1n) is 5.79. The van der Waals surface area contributed by atoms with Crippen molar-refractivity contribution in [1.29, 1.82) is 0 Å². The predicted octanol–water partition coefficient (Wildman–Crippen LogP) is 0.456. The largest absolute Gasteiger partial charge is 0.481 e. The number of hydrogen-bond donors (Lipinski definition) is 3. The zero-order valence-corrected chi connectivity index (χ0v) is 10.3. The van der Waals surface area contributed by atoms with Crippen LogP contribution in [0.1, 0.15) is 17.5 Å². The van der Waals surface area contributed by atoms with Gasteiger partial charge < -0.3 is 16.2 Å². The summed E-state index contributed by atoms with van der Waals surface area (Å²) in [5.41, 5.74) is 7.73. The van der Waals surface area contributed by atoms with Crippen molar-refractivity contribution >= 4 is 11.9 Å². The van der Waals surface area contributed by atoms with E-state index in [0.717, 1.165) is 5.56 Å². The first-order chi connectivity index (χ1) is 8.49. The van der Waals surface area contributed by atoms with E-state index in [2.05, 4.69) is 5.32 Å². The minimum atomic E-state index is -1.07. The highest BCUT2D eigenvalue weighted by atomic mass is 16.4. The van der Waals surface area contributed by atoms with Crippen molar-refractivity contribution in [2.24, 2.45) is 5.73 Å². The van der Waals surface area contributed by atoms with Crippen molar-refractivity contribution in [2.75, 3.05) is 6.54 Å². The minimum absolute atomic E-state index is 0.351. The van der Waals surface area contributed by atoms with Crippen LogP contribution in [0.2, 0.25) is 0 Å². The van der Waals surface area contributed by atoms with Gasteiger partial charge in [0.1, 0.15) is 0 Å². The van der Waals surface area contributed by atoms with Crippen LogP contribution in [0.3, 0.4) is 0 Å². The molecule has 0 aliphatic heterocycles. The second kappa shape index (κ2) is 6.76. The van der Waals surface area contributed by atoms with Gasteiger partial charge in [-0.25, -0.2) is 0 Å². The Kier molecular flexibility index (Phi) is 5.32. The molecule has 4 N–H and O–H groups in total. The van der Waals surface area contributed by atoms with Gasteiger partial charge in [0.15, 0.2) is 0 Å². The molecule has 0 aromatic heterocycles. The van der Waals surface area contributed by atoms with E-state index in [1.54, 1.807) is 0 Å². The fourth-order valence-corrected chi connectivity index (χ4v) is 1.50. The maximum Gasteiger partial charge on any atom is 0.305 e. The zero-order valence-electron chi connectivity index (χ0n) is 10.3. The summed E-state index contributed by atoms with van der Waals surface area (Å²) in [7, 11) is 0. The van der Waals surface area contributed by atoms with Crippen LogP contribution in [0.25, 0.3) is 0 Å². The Hall–Kier alpha value is -1.88. The average Bonchev–Trinajstić information content (AvgIpc) is 2.30. The molecule has 1 atom stereocenters. The highest BCUT2D eigenvalue weighted by Crippen LogP contribution is 2.03. The number of nitrogens with one attached hydrogen (secondary N) is 1. The summed E-state index contributed by atoms with van der Waals surface area (Å²) >= 11 is 0. The van der Waals surface area contributed by atoms with Gasteiger partial charge in [-0.05, 0) is 18.9 Å². The molecule has 0 fully saturated rings. The van der Waals surface area contributed by atoms with E-state index in [1.165, 1.54) is 5.56 Å². The summed E-state index contributed by atoms with van der Waals surface area (Å²) in [6.07, 6.45) is 0.349. The van der Waals surface area contributed by atoms with Gasteiger partial charge >= 0.3 is 5.97 Å². The third-order valence-corrected chi connectivity index (χ3v) is 2.56. The van der Waals surface area contributed by atoms with Gasteiger partial charge in [0.25, 0.3) is 0 Å².